The number of rotatable bonds is 4. The zero-order valence-corrected chi connectivity index (χ0v) is 11.2. The van der Waals surface area contributed by atoms with Gasteiger partial charge in [0.15, 0.2) is 0 Å². The molecule has 0 atom stereocenters. The summed E-state index contributed by atoms with van der Waals surface area (Å²) in [5.74, 6) is 0.678. The fraction of sp³-hybridized carbons (Fsp3) is 0.462. The maximum atomic E-state index is 11.8. The van der Waals surface area contributed by atoms with Crippen LogP contribution in [0.1, 0.15) is 19.4 Å². The van der Waals surface area contributed by atoms with Crippen LogP contribution >= 0.6 is 0 Å². The van der Waals surface area contributed by atoms with Crippen molar-refractivity contribution >= 4 is 11.7 Å². The highest BCUT2D eigenvalue weighted by molar-refractivity contribution is 5.90. The smallest absolute Gasteiger partial charge is 0.319 e. The van der Waals surface area contributed by atoms with Gasteiger partial charge in [-0.25, -0.2) is 4.79 Å². The lowest BCUT2D eigenvalue weighted by Gasteiger charge is -2.23. The molecule has 0 bridgehead atoms. The van der Waals surface area contributed by atoms with Gasteiger partial charge in [0.2, 0.25) is 0 Å². The molecule has 0 fully saturated rings. The Morgan fingerprint density at radius 3 is 2.67 bits per heavy atom. The first kappa shape index (κ1) is 14.3. The highest BCUT2D eigenvalue weighted by Crippen LogP contribution is 2.21. The zero-order valence-electron chi connectivity index (χ0n) is 11.2. The average molecular weight is 252 g/mol. The minimum atomic E-state index is -0.656. The quantitative estimate of drug-likeness (QED) is 0.766. The van der Waals surface area contributed by atoms with Crippen LogP contribution in [0.4, 0.5) is 10.5 Å². The van der Waals surface area contributed by atoms with Crippen molar-refractivity contribution in [2.75, 3.05) is 19.0 Å². The molecule has 5 nitrogen and oxygen atoms in total. The van der Waals surface area contributed by atoms with Crippen LogP contribution in [0, 0.1) is 6.92 Å². The molecule has 1 aromatic rings. The van der Waals surface area contributed by atoms with E-state index in [1.807, 2.05) is 19.1 Å². The maximum Gasteiger partial charge on any atom is 0.319 e. The zero-order chi connectivity index (χ0) is 13.8. The Morgan fingerprint density at radius 2 is 2.11 bits per heavy atom. The molecule has 1 rings (SSSR count). The van der Waals surface area contributed by atoms with Crippen LogP contribution in [0.5, 0.6) is 5.75 Å². The van der Waals surface area contributed by atoms with Crippen LogP contribution in [0.3, 0.4) is 0 Å². The number of aliphatic hydroxyl groups excluding tert-OH is 1. The van der Waals surface area contributed by atoms with E-state index >= 15 is 0 Å². The molecule has 0 spiro atoms. The van der Waals surface area contributed by atoms with Crippen molar-refractivity contribution in [2.24, 2.45) is 0 Å². The number of hydrogen-bond acceptors (Lipinski definition) is 3. The van der Waals surface area contributed by atoms with E-state index in [0.717, 1.165) is 5.56 Å². The molecule has 0 aliphatic carbocycles. The number of methoxy groups -OCH3 is 1. The van der Waals surface area contributed by atoms with E-state index in [2.05, 4.69) is 10.6 Å². The van der Waals surface area contributed by atoms with Gasteiger partial charge in [-0.3, -0.25) is 0 Å². The van der Waals surface area contributed by atoms with Crippen molar-refractivity contribution in [3.05, 3.63) is 23.8 Å². The van der Waals surface area contributed by atoms with Crippen LogP contribution in [-0.2, 0) is 0 Å². The van der Waals surface area contributed by atoms with Crippen LogP contribution in [-0.4, -0.2) is 30.4 Å². The number of benzene rings is 1. The first-order valence-electron chi connectivity index (χ1n) is 5.72. The van der Waals surface area contributed by atoms with Gasteiger partial charge in [-0.2, -0.15) is 0 Å². The second-order valence-electron chi connectivity index (χ2n) is 4.80. The van der Waals surface area contributed by atoms with Crippen molar-refractivity contribution in [2.45, 2.75) is 26.3 Å². The molecule has 0 aromatic heterocycles. The topological polar surface area (TPSA) is 70.6 Å². The number of aliphatic hydroxyl groups is 1. The predicted octanol–water partition coefficient (Wildman–Crippen LogP) is 1.90. The van der Waals surface area contributed by atoms with Crippen molar-refractivity contribution in [1.29, 1.82) is 0 Å². The van der Waals surface area contributed by atoms with E-state index in [1.165, 1.54) is 0 Å². The SMILES string of the molecule is COc1ccc(C)c(NC(=O)NC(C)(C)CO)c1. The summed E-state index contributed by atoms with van der Waals surface area (Å²) in [6.45, 7) is 5.25. The molecular formula is C13H20N2O3. The number of aryl methyl sites for hydroxylation is 1. The molecule has 3 N–H and O–H groups in total. The number of carbonyl (C=O) groups excluding carboxylic acids is 1. The fourth-order valence-electron chi connectivity index (χ4n) is 1.36. The van der Waals surface area contributed by atoms with Gasteiger partial charge in [0.1, 0.15) is 5.75 Å². The van der Waals surface area contributed by atoms with E-state index < -0.39 is 5.54 Å². The summed E-state index contributed by atoms with van der Waals surface area (Å²) in [6.07, 6.45) is 0. The van der Waals surface area contributed by atoms with Gasteiger partial charge >= 0.3 is 6.03 Å². The van der Waals surface area contributed by atoms with Crippen LogP contribution in [0.2, 0.25) is 0 Å². The summed E-state index contributed by atoms with van der Waals surface area (Å²) in [7, 11) is 1.57. The third-order valence-electron chi connectivity index (χ3n) is 2.54. The van der Waals surface area contributed by atoms with Gasteiger partial charge in [0.25, 0.3) is 0 Å². The van der Waals surface area contributed by atoms with Crippen molar-refractivity contribution in [3.8, 4) is 5.75 Å². The number of nitrogens with one attached hydrogen (secondary N) is 2. The largest absolute Gasteiger partial charge is 0.497 e. The van der Waals surface area contributed by atoms with E-state index in [0.29, 0.717) is 11.4 Å². The molecule has 0 aliphatic heterocycles. The molecule has 18 heavy (non-hydrogen) atoms. The highest BCUT2D eigenvalue weighted by Gasteiger charge is 2.19. The molecule has 0 unspecified atom stereocenters. The average Bonchev–Trinajstić information content (AvgIpc) is 2.31. The predicted molar refractivity (Wildman–Crippen MR) is 71.1 cm³/mol. The molecular weight excluding hydrogens is 232 g/mol. The maximum absolute atomic E-state index is 11.8. The molecule has 2 amide bonds. The molecule has 0 aliphatic rings. The van der Waals surface area contributed by atoms with Crippen LogP contribution in [0.25, 0.3) is 0 Å². The van der Waals surface area contributed by atoms with E-state index in [-0.39, 0.29) is 12.6 Å². The van der Waals surface area contributed by atoms with Gasteiger partial charge in [0.05, 0.1) is 19.3 Å². The standard InChI is InChI=1S/C13H20N2O3/c1-9-5-6-10(18-4)7-11(9)14-12(17)15-13(2,3)8-16/h5-7,16H,8H2,1-4H3,(H2,14,15,17). The lowest BCUT2D eigenvalue weighted by atomic mass is 10.1. The van der Waals surface area contributed by atoms with Gasteiger partial charge in [-0.05, 0) is 32.4 Å². The van der Waals surface area contributed by atoms with Gasteiger partial charge in [0, 0.05) is 11.8 Å². The van der Waals surface area contributed by atoms with Gasteiger partial charge in [-0.1, -0.05) is 6.07 Å². The summed E-state index contributed by atoms with van der Waals surface area (Å²) >= 11 is 0. The first-order chi connectivity index (χ1) is 8.38. The summed E-state index contributed by atoms with van der Waals surface area (Å²) in [5.41, 5.74) is 0.963. The molecule has 1 aromatic carbocycles. The molecule has 0 saturated carbocycles. The summed E-state index contributed by atoms with van der Waals surface area (Å²) in [5, 5.41) is 14.5. The Kier molecular flexibility index (Phi) is 4.55. The number of carbonyl (C=O) groups is 1. The lowest BCUT2D eigenvalue weighted by molar-refractivity contribution is 0.187. The normalized spacial score (nSPS) is 10.9. The van der Waals surface area contributed by atoms with Crippen molar-refractivity contribution in [1.82, 2.24) is 5.32 Å². The third kappa shape index (κ3) is 3.92. The molecule has 0 saturated heterocycles. The Morgan fingerprint density at radius 1 is 1.44 bits per heavy atom. The number of ether oxygens (including phenoxy) is 1. The van der Waals surface area contributed by atoms with Crippen LogP contribution < -0.4 is 15.4 Å². The number of hydrogen-bond donors (Lipinski definition) is 3. The number of urea groups is 1. The Hall–Kier alpha value is -1.75. The van der Waals surface area contributed by atoms with Crippen molar-refractivity contribution in [3.63, 3.8) is 0 Å². The van der Waals surface area contributed by atoms with Gasteiger partial charge < -0.3 is 20.5 Å². The molecule has 0 heterocycles. The number of anilines is 1. The second-order valence-corrected chi connectivity index (χ2v) is 4.80. The Labute approximate surface area is 107 Å². The molecule has 5 heteroatoms. The second kappa shape index (κ2) is 5.73. The highest BCUT2D eigenvalue weighted by atomic mass is 16.5. The fourth-order valence-corrected chi connectivity index (χ4v) is 1.36. The summed E-state index contributed by atoms with van der Waals surface area (Å²) in [6, 6.07) is 5.09. The molecule has 100 valence electrons. The van der Waals surface area contributed by atoms with E-state index in [9.17, 15) is 4.79 Å². The van der Waals surface area contributed by atoms with E-state index in [4.69, 9.17) is 9.84 Å². The third-order valence-corrected chi connectivity index (χ3v) is 2.54. The monoisotopic (exact) mass is 252 g/mol. The Balaban J connectivity index is 2.75. The minimum absolute atomic E-state index is 0.127. The summed E-state index contributed by atoms with van der Waals surface area (Å²) < 4.78 is 5.10. The first-order valence-corrected chi connectivity index (χ1v) is 5.72. The lowest BCUT2D eigenvalue weighted by Crippen LogP contribution is -2.48. The van der Waals surface area contributed by atoms with Crippen LogP contribution in [0.15, 0.2) is 18.2 Å². The number of amides is 2. The summed E-state index contributed by atoms with van der Waals surface area (Å²) in [4.78, 5) is 11.8. The van der Waals surface area contributed by atoms with Crippen molar-refractivity contribution < 1.29 is 14.6 Å². The van der Waals surface area contributed by atoms with Gasteiger partial charge in [-0.15, -0.1) is 0 Å². The molecule has 0 radical (unpaired) electrons. The van der Waals surface area contributed by atoms with E-state index in [1.54, 1.807) is 27.0 Å². The Bertz CT molecular complexity index is 430. The minimum Gasteiger partial charge on any atom is -0.497 e.